The van der Waals surface area contributed by atoms with Gasteiger partial charge in [0, 0.05) is 26.1 Å². The highest BCUT2D eigenvalue weighted by atomic mass is 16.5. The van der Waals surface area contributed by atoms with Crippen LogP contribution in [-0.4, -0.2) is 29.6 Å². The highest BCUT2D eigenvalue weighted by Gasteiger charge is 2.38. The summed E-state index contributed by atoms with van der Waals surface area (Å²) in [6.45, 7) is 6.70. The molecule has 3 nitrogen and oxygen atoms in total. The summed E-state index contributed by atoms with van der Waals surface area (Å²) in [7, 11) is 0. The number of amides is 1. The molecule has 2 fully saturated rings. The third kappa shape index (κ3) is 2.98. The lowest BCUT2D eigenvalue weighted by atomic mass is 9.92. The Morgan fingerprint density at radius 2 is 1.95 bits per heavy atom. The Hall–Kier alpha value is -1.35. The summed E-state index contributed by atoms with van der Waals surface area (Å²) in [6.07, 6.45) is 4.78. The van der Waals surface area contributed by atoms with E-state index < -0.39 is 0 Å². The molecular formula is C18H25NO2. The lowest BCUT2D eigenvalue weighted by Gasteiger charge is -2.27. The van der Waals surface area contributed by atoms with Gasteiger partial charge >= 0.3 is 0 Å². The maximum atomic E-state index is 12.5. The van der Waals surface area contributed by atoms with Gasteiger partial charge in [0.1, 0.15) is 0 Å². The Balaban J connectivity index is 1.75. The van der Waals surface area contributed by atoms with Crippen LogP contribution >= 0.6 is 0 Å². The molecule has 0 aliphatic carbocycles. The second kappa shape index (κ2) is 5.80. The molecule has 1 aromatic carbocycles. The van der Waals surface area contributed by atoms with Gasteiger partial charge in [0.25, 0.3) is 0 Å². The maximum Gasteiger partial charge on any atom is 0.222 e. The molecule has 0 N–H and O–H groups in total. The van der Waals surface area contributed by atoms with Crippen LogP contribution in [-0.2, 0) is 16.1 Å². The number of aryl methyl sites for hydroxylation is 2. The van der Waals surface area contributed by atoms with E-state index >= 15 is 0 Å². The van der Waals surface area contributed by atoms with Crippen molar-refractivity contribution in [1.29, 1.82) is 0 Å². The van der Waals surface area contributed by atoms with Gasteiger partial charge in [-0.15, -0.1) is 0 Å². The fourth-order valence-corrected chi connectivity index (χ4v) is 3.69. The van der Waals surface area contributed by atoms with E-state index in [1.54, 1.807) is 0 Å². The van der Waals surface area contributed by atoms with Crippen molar-refractivity contribution in [1.82, 2.24) is 4.90 Å². The minimum Gasteiger partial charge on any atom is -0.375 e. The molecule has 3 heteroatoms. The zero-order chi connectivity index (χ0) is 14.9. The fourth-order valence-electron chi connectivity index (χ4n) is 3.69. The molecule has 2 heterocycles. The topological polar surface area (TPSA) is 29.5 Å². The van der Waals surface area contributed by atoms with Gasteiger partial charge in [-0.05, 0) is 56.2 Å². The summed E-state index contributed by atoms with van der Waals surface area (Å²) in [4.78, 5) is 14.5. The molecule has 114 valence electrons. The number of benzene rings is 1. The summed E-state index contributed by atoms with van der Waals surface area (Å²) in [5.74, 6) is 0.282. The number of ether oxygens (including phenoxy) is 1. The van der Waals surface area contributed by atoms with Crippen LogP contribution in [0.2, 0.25) is 0 Å². The predicted octanol–water partition coefficient (Wildman–Crippen LogP) is 3.37. The zero-order valence-electron chi connectivity index (χ0n) is 13.2. The van der Waals surface area contributed by atoms with E-state index in [0.717, 1.165) is 45.4 Å². The number of carbonyl (C=O) groups is 1. The summed E-state index contributed by atoms with van der Waals surface area (Å²) in [6, 6.07) is 6.35. The first-order chi connectivity index (χ1) is 10.1. The van der Waals surface area contributed by atoms with Crippen molar-refractivity contribution in [3.05, 3.63) is 34.9 Å². The standard InChI is InChI=1S/C18H25NO2/c1-14-5-3-6-15(2)16(14)13-19-11-10-18(8-4-12-21-18)9-7-17(19)20/h3,5-6H,4,7-13H2,1-2H3/t18-/m1/s1. The molecule has 2 aliphatic heterocycles. The van der Waals surface area contributed by atoms with E-state index in [1.165, 1.54) is 16.7 Å². The Morgan fingerprint density at radius 1 is 1.19 bits per heavy atom. The van der Waals surface area contributed by atoms with E-state index in [1.807, 2.05) is 4.90 Å². The molecule has 1 aromatic rings. The van der Waals surface area contributed by atoms with Crippen LogP contribution in [0.5, 0.6) is 0 Å². The average Bonchev–Trinajstić information content (AvgIpc) is 2.87. The molecule has 0 bridgehead atoms. The number of carbonyl (C=O) groups excluding carboxylic acids is 1. The fraction of sp³-hybridized carbons (Fsp3) is 0.611. The summed E-state index contributed by atoms with van der Waals surface area (Å²) < 4.78 is 5.98. The first-order valence-corrected chi connectivity index (χ1v) is 8.06. The summed E-state index contributed by atoms with van der Waals surface area (Å²) in [5, 5.41) is 0. The SMILES string of the molecule is Cc1cccc(C)c1CN1CC[C@@]2(CCCO2)CCC1=O. The van der Waals surface area contributed by atoms with Gasteiger partial charge in [-0.3, -0.25) is 4.79 Å². The van der Waals surface area contributed by atoms with Crippen molar-refractivity contribution < 1.29 is 9.53 Å². The molecule has 3 rings (SSSR count). The smallest absolute Gasteiger partial charge is 0.222 e. The normalized spacial score (nSPS) is 26.4. The van der Waals surface area contributed by atoms with Crippen LogP contribution in [0.15, 0.2) is 18.2 Å². The third-order valence-electron chi connectivity index (χ3n) is 5.16. The first kappa shape index (κ1) is 14.6. The van der Waals surface area contributed by atoms with Gasteiger partial charge in [-0.25, -0.2) is 0 Å². The molecule has 1 spiro atoms. The summed E-state index contributed by atoms with van der Waals surface area (Å²) >= 11 is 0. The molecule has 0 unspecified atom stereocenters. The van der Waals surface area contributed by atoms with E-state index in [2.05, 4.69) is 32.0 Å². The average molecular weight is 287 g/mol. The Kier molecular flexibility index (Phi) is 4.03. The van der Waals surface area contributed by atoms with Gasteiger partial charge in [0.2, 0.25) is 5.91 Å². The zero-order valence-corrected chi connectivity index (χ0v) is 13.2. The largest absolute Gasteiger partial charge is 0.375 e. The van der Waals surface area contributed by atoms with Crippen molar-refractivity contribution in [3.63, 3.8) is 0 Å². The second-order valence-electron chi connectivity index (χ2n) is 6.57. The van der Waals surface area contributed by atoms with Gasteiger partial charge in [-0.1, -0.05) is 18.2 Å². The molecular weight excluding hydrogens is 262 g/mol. The summed E-state index contributed by atoms with van der Waals surface area (Å²) in [5.41, 5.74) is 3.84. The van der Waals surface area contributed by atoms with Crippen molar-refractivity contribution >= 4 is 5.91 Å². The van der Waals surface area contributed by atoms with Crippen LogP contribution in [0.4, 0.5) is 0 Å². The lowest BCUT2D eigenvalue weighted by molar-refractivity contribution is -0.131. The number of rotatable bonds is 2. The minimum atomic E-state index is -0.00874. The number of likely N-dealkylation sites (tertiary alicyclic amines) is 1. The van der Waals surface area contributed by atoms with Gasteiger partial charge in [-0.2, -0.15) is 0 Å². The maximum absolute atomic E-state index is 12.5. The molecule has 1 amide bonds. The Labute approximate surface area is 127 Å². The second-order valence-corrected chi connectivity index (χ2v) is 6.57. The quantitative estimate of drug-likeness (QED) is 0.834. The molecule has 1 atom stereocenters. The highest BCUT2D eigenvalue weighted by Crippen LogP contribution is 2.36. The molecule has 21 heavy (non-hydrogen) atoms. The van der Waals surface area contributed by atoms with Gasteiger partial charge in [0.05, 0.1) is 5.60 Å². The van der Waals surface area contributed by atoms with Crippen molar-refractivity contribution in [2.75, 3.05) is 13.2 Å². The third-order valence-corrected chi connectivity index (χ3v) is 5.16. The molecule has 2 aliphatic rings. The highest BCUT2D eigenvalue weighted by molar-refractivity contribution is 5.76. The Bertz CT molecular complexity index is 512. The number of hydrogen-bond acceptors (Lipinski definition) is 2. The van der Waals surface area contributed by atoms with Crippen molar-refractivity contribution in [3.8, 4) is 0 Å². The molecule has 0 aromatic heterocycles. The van der Waals surface area contributed by atoms with Crippen LogP contribution in [0, 0.1) is 13.8 Å². The van der Waals surface area contributed by atoms with Gasteiger partial charge < -0.3 is 9.64 Å². The molecule has 0 radical (unpaired) electrons. The minimum absolute atomic E-state index is 0.00874. The van der Waals surface area contributed by atoms with Crippen LogP contribution in [0.1, 0.15) is 48.8 Å². The Morgan fingerprint density at radius 3 is 2.62 bits per heavy atom. The lowest BCUT2D eigenvalue weighted by Crippen LogP contribution is -2.32. The number of hydrogen-bond donors (Lipinski definition) is 0. The van der Waals surface area contributed by atoms with Crippen LogP contribution in [0.25, 0.3) is 0 Å². The first-order valence-electron chi connectivity index (χ1n) is 8.06. The van der Waals surface area contributed by atoms with Crippen LogP contribution < -0.4 is 0 Å². The van der Waals surface area contributed by atoms with E-state index in [0.29, 0.717) is 6.42 Å². The number of nitrogens with zero attached hydrogens (tertiary/aromatic N) is 1. The van der Waals surface area contributed by atoms with E-state index in [-0.39, 0.29) is 11.5 Å². The predicted molar refractivity (Wildman–Crippen MR) is 83.1 cm³/mol. The molecule has 2 saturated heterocycles. The molecule has 0 saturated carbocycles. The van der Waals surface area contributed by atoms with E-state index in [9.17, 15) is 4.79 Å². The van der Waals surface area contributed by atoms with Crippen molar-refractivity contribution in [2.45, 2.75) is 58.1 Å². The van der Waals surface area contributed by atoms with E-state index in [4.69, 9.17) is 4.74 Å². The van der Waals surface area contributed by atoms with Crippen LogP contribution in [0.3, 0.4) is 0 Å². The monoisotopic (exact) mass is 287 g/mol. The van der Waals surface area contributed by atoms with Crippen molar-refractivity contribution in [2.24, 2.45) is 0 Å². The van der Waals surface area contributed by atoms with Gasteiger partial charge in [0.15, 0.2) is 0 Å².